The number of piperidine rings is 1. The minimum absolute atomic E-state index is 0.876. The summed E-state index contributed by atoms with van der Waals surface area (Å²) in [4.78, 5) is 2.52. The van der Waals surface area contributed by atoms with Crippen LogP contribution in [-0.2, 0) is 6.54 Å². The second-order valence-corrected chi connectivity index (χ2v) is 4.66. The summed E-state index contributed by atoms with van der Waals surface area (Å²) >= 11 is 0. The van der Waals surface area contributed by atoms with Crippen molar-refractivity contribution >= 4 is 0 Å². The van der Waals surface area contributed by atoms with Crippen molar-refractivity contribution in [3.05, 3.63) is 24.2 Å². The van der Waals surface area contributed by atoms with Gasteiger partial charge in [-0.25, -0.2) is 0 Å². The molecule has 1 aromatic heterocycles. The van der Waals surface area contributed by atoms with E-state index < -0.39 is 0 Å². The van der Waals surface area contributed by atoms with Crippen LogP contribution in [0.2, 0.25) is 0 Å². The molecule has 90 valence electrons. The zero-order valence-electron chi connectivity index (χ0n) is 10.1. The SMILES string of the molecule is CCNCC1CCN(Cc2ccoc2)CC1. The molecule has 0 aliphatic carbocycles. The number of nitrogens with one attached hydrogen (secondary N) is 1. The Morgan fingerprint density at radius 1 is 1.44 bits per heavy atom. The Labute approximate surface area is 97.8 Å². The van der Waals surface area contributed by atoms with Gasteiger partial charge < -0.3 is 9.73 Å². The van der Waals surface area contributed by atoms with Gasteiger partial charge in [0, 0.05) is 12.1 Å². The van der Waals surface area contributed by atoms with Gasteiger partial charge in [0.1, 0.15) is 0 Å². The Kier molecular flexibility index (Phi) is 4.43. The topological polar surface area (TPSA) is 28.4 Å². The van der Waals surface area contributed by atoms with Crippen molar-refractivity contribution in [3.63, 3.8) is 0 Å². The zero-order valence-corrected chi connectivity index (χ0v) is 10.1. The minimum atomic E-state index is 0.876. The molecule has 0 saturated carbocycles. The summed E-state index contributed by atoms with van der Waals surface area (Å²) in [6.45, 7) is 7.95. The molecule has 0 radical (unpaired) electrons. The summed E-state index contributed by atoms with van der Waals surface area (Å²) in [6, 6.07) is 2.06. The molecule has 1 saturated heterocycles. The summed E-state index contributed by atoms with van der Waals surface area (Å²) in [6.07, 6.45) is 6.26. The molecule has 1 fully saturated rings. The van der Waals surface area contributed by atoms with Crippen LogP contribution in [0, 0.1) is 5.92 Å². The van der Waals surface area contributed by atoms with Gasteiger partial charge in [0.25, 0.3) is 0 Å². The van der Waals surface area contributed by atoms with E-state index in [-0.39, 0.29) is 0 Å². The summed E-state index contributed by atoms with van der Waals surface area (Å²) in [5.41, 5.74) is 1.30. The number of likely N-dealkylation sites (tertiary alicyclic amines) is 1. The maximum Gasteiger partial charge on any atom is 0.0947 e. The van der Waals surface area contributed by atoms with Gasteiger partial charge in [-0.15, -0.1) is 0 Å². The molecule has 2 rings (SSSR count). The average molecular weight is 222 g/mol. The third-order valence-electron chi connectivity index (χ3n) is 3.38. The molecule has 1 aromatic rings. The summed E-state index contributed by atoms with van der Waals surface area (Å²) < 4.78 is 5.09. The lowest BCUT2D eigenvalue weighted by atomic mass is 9.96. The molecule has 0 unspecified atom stereocenters. The van der Waals surface area contributed by atoms with E-state index in [4.69, 9.17) is 4.42 Å². The van der Waals surface area contributed by atoms with Crippen molar-refractivity contribution in [1.82, 2.24) is 10.2 Å². The Bertz CT molecular complexity index is 276. The highest BCUT2D eigenvalue weighted by atomic mass is 16.3. The third kappa shape index (κ3) is 3.35. The first-order chi connectivity index (χ1) is 7.88. The summed E-state index contributed by atoms with van der Waals surface area (Å²) in [5, 5.41) is 3.44. The van der Waals surface area contributed by atoms with Crippen LogP contribution in [0.5, 0.6) is 0 Å². The molecule has 1 aliphatic heterocycles. The lowest BCUT2D eigenvalue weighted by molar-refractivity contribution is 0.175. The normalized spacial score (nSPS) is 19.1. The van der Waals surface area contributed by atoms with E-state index in [1.165, 1.54) is 38.0 Å². The molecule has 1 N–H and O–H groups in total. The monoisotopic (exact) mass is 222 g/mol. The predicted octanol–water partition coefficient (Wildman–Crippen LogP) is 2.10. The van der Waals surface area contributed by atoms with Crippen LogP contribution in [0.1, 0.15) is 25.3 Å². The lowest BCUT2D eigenvalue weighted by Gasteiger charge is -2.31. The standard InChI is InChI=1S/C13H22N2O/c1-2-14-9-12-3-6-15(7-4-12)10-13-5-8-16-11-13/h5,8,11-12,14H,2-4,6-7,9-10H2,1H3. The minimum Gasteiger partial charge on any atom is -0.472 e. The van der Waals surface area contributed by atoms with Gasteiger partial charge in [-0.05, 0) is 51.0 Å². The number of nitrogens with zero attached hydrogens (tertiary/aromatic N) is 1. The first-order valence-electron chi connectivity index (χ1n) is 6.32. The van der Waals surface area contributed by atoms with Gasteiger partial charge in [-0.2, -0.15) is 0 Å². The lowest BCUT2D eigenvalue weighted by Crippen LogP contribution is -2.36. The molecule has 1 aliphatic rings. The average Bonchev–Trinajstić information content (AvgIpc) is 2.81. The summed E-state index contributed by atoms with van der Waals surface area (Å²) in [7, 11) is 0. The van der Waals surface area contributed by atoms with Gasteiger partial charge in [0.15, 0.2) is 0 Å². The quantitative estimate of drug-likeness (QED) is 0.827. The van der Waals surface area contributed by atoms with Crippen LogP contribution in [0.15, 0.2) is 23.0 Å². The molecule has 0 spiro atoms. The van der Waals surface area contributed by atoms with Gasteiger partial charge in [-0.3, -0.25) is 4.90 Å². The maximum absolute atomic E-state index is 5.09. The molecule has 0 aromatic carbocycles. The molecule has 0 atom stereocenters. The third-order valence-corrected chi connectivity index (χ3v) is 3.38. The molecule has 3 nitrogen and oxygen atoms in total. The molecule has 0 amide bonds. The molecular formula is C13H22N2O. The smallest absolute Gasteiger partial charge is 0.0947 e. The van der Waals surface area contributed by atoms with E-state index in [0.29, 0.717) is 0 Å². The van der Waals surface area contributed by atoms with Crippen molar-refractivity contribution < 1.29 is 4.42 Å². The summed E-state index contributed by atoms with van der Waals surface area (Å²) in [5.74, 6) is 0.876. The Morgan fingerprint density at radius 2 is 2.25 bits per heavy atom. The van der Waals surface area contributed by atoms with Crippen LogP contribution in [0.3, 0.4) is 0 Å². The van der Waals surface area contributed by atoms with E-state index in [1.807, 2.05) is 6.26 Å². The second-order valence-electron chi connectivity index (χ2n) is 4.66. The maximum atomic E-state index is 5.09. The van der Waals surface area contributed by atoms with Crippen molar-refractivity contribution in [2.45, 2.75) is 26.3 Å². The second kappa shape index (κ2) is 6.06. The first-order valence-corrected chi connectivity index (χ1v) is 6.32. The highest BCUT2D eigenvalue weighted by Gasteiger charge is 2.18. The zero-order chi connectivity index (χ0) is 11.2. The van der Waals surface area contributed by atoms with Crippen LogP contribution in [-0.4, -0.2) is 31.1 Å². The van der Waals surface area contributed by atoms with Gasteiger partial charge in [0.05, 0.1) is 12.5 Å². The van der Waals surface area contributed by atoms with E-state index in [9.17, 15) is 0 Å². The highest BCUT2D eigenvalue weighted by Crippen LogP contribution is 2.18. The van der Waals surface area contributed by atoms with Crippen molar-refractivity contribution in [2.24, 2.45) is 5.92 Å². The van der Waals surface area contributed by atoms with Crippen LogP contribution in [0.4, 0.5) is 0 Å². The van der Waals surface area contributed by atoms with Crippen LogP contribution >= 0.6 is 0 Å². The molecule has 2 heterocycles. The van der Waals surface area contributed by atoms with Crippen molar-refractivity contribution in [3.8, 4) is 0 Å². The van der Waals surface area contributed by atoms with Crippen LogP contribution < -0.4 is 5.32 Å². The number of rotatable bonds is 5. The Hall–Kier alpha value is -0.800. The Balaban J connectivity index is 1.69. The molecule has 3 heteroatoms. The van der Waals surface area contributed by atoms with Crippen molar-refractivity contribution in [2.75, 3.05) is 26.2 Å². The fourth-order valence-electron chi connectivity index (χ4n) is 2.34. The molecule has 0 bridgehead atoms. The van der Waals surface area contributed by atoms with Gasteiger partial charge in [0.2, 0.25) is 0 Å². The number of furan rings is 1. The molecule has 16 heavy (non-hydrogen) atoms. The van der Waals surface area contributed by atoms with E-state index in [2.05, 4.69) is 23.2 Å². The van der Waals surface area contributed by atoms with E-state index >= 15 is 0 Å². The fraction of sp³-hybridized carbons (Fsp3) is 0.692. The molecular weight excluding hydrogens is 200 g/mol. The number of hydrogen-bond donors (Lipinski definition) is 1. The van der Waals surface area contributed by atoms with Crippen molar-refractivity contribution in [1.29, 1.82) is 0 Å². The van der Waals surface area contributed by atoms with Gasteiger partial charge >= 0.3 is 0 Å². The Morgan fingerprint density at radius 3 is 2.88 bits per heavy atom. The number of hydrogen-bond acceptors (Lipinski definition) is 3. The largest absolute Gasteiger partial charge is 0.472 e. The fourth-order valence-corrected chi connectivity index (χ4v) is 2.34. The van der Waals surface area contributed by atoms with Gasteiger partial charge in [-0.1, -0.05) is 6.92 Å². The highest BCUT2D eigenvalue weighted by molar-refractivity contribution is 5.05. The first kappa shape index (κ1) is 11.7. The van der Waals surface area contributed by atoms with E-state index in [1.54, 1.807) is 6.26 Å². The van der Waals surface area contributed by atoms with Crippen LogP contribution in [0.25, 0.3) is 0 Å². The predicted molar refractivity (Wildman–Crippen MR) is 65.3 cm³/mol. The van der Waals surface area contributed by atoms with E-state index in [0.717, 1.165) is 19.0 Å².